The largest absolute Gasteiger partial charge is 0.349 e. The molecule has 1 atom stereocenters. The summed E-state index contributed by atoms with van der Waals surface area (Å²) in [5, 5.41) is 5.84. The van der Waals surface area contributed by atoms with Crippen LogP contribution in [0, 0.1) is 5.92 Å². The first-order valence-electron chi connectivity index (χ1n) is 7.87. The average molecular weight is 303 g/mol. The zero-order valence-electron chi connectivity index (χ0n) is 13.3. The Labute approximate surface area is 132 Å². The van der Waals surface area contributed by atoms with Crippen molar-refractivity contribution in [3.05, 3.63) is 35.9 Å². The average Bonchev–Trinajstić information content (AvgIpc) is 2.45. The highest BCUT2D eigenvalue weighted by Gasteiger charge is 2.29. The van der Waals surface area contributed by atoms with E-state index in [1.807, 2.05) is 18.2 Å². The third kappa shape index (κ3) is 4.48. The highest BCUT2D eigenvalue weighted by molar-refractivity contribution is 5.78. The molecular formula is C17H25N3O2. The third-order valence-electron chi connectivity index (χ3n) is 4.19. The highest BCUT2D eigenvalue weighted by atomic mass is 16.2. The van der Waals surface area contributed by atoms with E-state index in [-0.39, 0.29) is 18.0 Å². The smallest absolute Gasteiger partial charge is 0.315 e. The first kappa shape index (κ1) is 16.3. The minimum atomic E-state index is -0.202. The van der Waals surface area contributed by atoms with E-state index in [9.17, 15) is 9.59 Å². The minimum Gasteiger partial charge on any atom is -0.349 e. The van der Waals surface area contributed by atoms with E-state index in [0.717, 1.165) is 18.4 Å². The van der Waals surface area contributed by atoms with Crippen molar-refractivity contribution in [3.63, 3.8) is 0 Å². The molecule has 1 aliphatic carbocycles. The van der Waals surface area contributed by atoms with E-state index in [1.54, 1.807) is 14.1 Å². The Morgan fingerprint density at radius 1 is 1.23 bits per heavy atom. The monoisotopic (exact) mass is 303 g/mol. The van der Waals surface area contributed by atoms with Gasteiger partial charge in [-0.15, -0.1) is 0 Å². The van der Waals surface area contributed by atoms with Gasteiger partial charge in [0.15, 0.2) is 0 Å². The summed E-state index contributed by atoms with van der Waals surface area (Å²) in [6.07, 6.45) is 3.85. The van der Waals surface area contributed by atoms with Crippen LogP contribution in [0.5, 0.6) is 0 Å². The molecule has 2 N–H and O–H groups in total. The fourth-order valence-electron chi connectivity index (χ4n) is 2.61. The zero-order chi connectivity index (χ0) is 15.9. The van der Waals surface area contributed by atoms with Gasteiger partial charge in [-0.2, -0.15) is 0 Å². The van der Waals surface area contributed by atoms with Crippen LogP contribution in [0.25, 0.3) is 0 Å². The molecule has 5 heteroatoms. The van der Waals surface area contributed by atoms with Crippen molar-refractivity contribution >= 4 is 11.9 Å². The molecule has 0 aliphatic heterocycles. The molecule has 1 aromatic carbocycles. The van der Waals surface area contributed by atoms with Gasteiger partial charge in [-0.25, -0.2) is 4.79 Å². The summed E-state index contributed by atoms with van der Waals surface area (Å²) in [4.78, 5) is 25.1. The van der Waals surface area contributed by atoms with Crippen LogP contribution in [0.2, 0.25) is 0 Å². The molecule has 0 unspecified atom stereocenters. The second-order valence-electron chi connectivity index (χ2n) is 6.02. The second kappa shape index (κ2) is 7.82. The minimum absolute atomic E-state index is 0.0129. The summed E-state index contributed by atoms with van der Waals surface area (Å²) in [6, 6.07) is 9.94. The maximum Gasteiger partial charge on any atom is 0.315 e. The van der Waals surface area contributed by atoms with E-state index in [4.69, 9.17) is 0 Å². The Kier molecular flexibility index (Phi) is 5.81. The molecule has 0 saturated heterocycles. The van der Waals surface area contributed by atoms with Gasteiger partial charge >= 0.3 is 6.03 Å². The molecule has 120 valence electrons. The van der Waals surface area contributed by atoms with Crippen LogP contribution in [0.4, 0.5) is 4.79 Å². The molecule has 0 heterocycles. The lowest BCUT2D eigenvalue weighted by Gasteiger charge is -2.34. The predicted octanol–water partition coefficient (Wildman–Crippen LogP) is 2.31. The predicted molar refractivity (Wildman–Crippen MR) is 86.4 cm³/mol. The van der Waals surface area contributed by atoms with Gasteiger partial charge in [0.25, 0.3) is 0 Å². The van der Waals surface area contributed by atoms with Gasteiger partial charge in [0, 0.05) is 27.1 Å². The Morgan fingerprint density at radius 3 is 2.45 bits per heavy atom. The number of hydrogen-bond acceptors (Lipinski definition) is 2. The lowest BCUT2D eigenvalue weighted by molar-refractivity contribution is -0.128. The molecule has 22 heavy (non-hydrogen) atoms. The van der Waals surface area contributed by atoms with Gasteiger partial charge in [0.1, 0.15) is 0 Å². The number of nitrogens with zero attached hydrogens (tertiary/aromatic N) is 1. The Hall–Kier alpha value is -2.04. The van der Waals surface area contributed by atoms with Gasteiger partial charge in [0.05, 0.1) is 6.04 Å². The molecule has 0 spiro atoms. The summed E-state index contributed by atoms with van der Waals surface area (Å²) in [5.41, 5.74) is 1.15. The molecule has 1 aromatic rings. The molecule has 0 radical (unpaired) electrons. The van der Waals surface area contributed by atoms with Crippen LogP contribution in [-0.4, -0.2) is 37.5 Å². The van der Waals surface area contributed by atoms with Crippen LogP contribution in [-0.2, 0) is 4.79 Å². The van der Waals surface area contributed by atoms with E-state index < -0.39 is 0 Å². The zero-order valence-corrected chi connectivity index (χ0v) is 13.3. The van der Waals surface area contributed by atoms with Crippen molar-refractivity contribution in [1.29, 1.82) is 0 Å². The van der Waals surface area contributed by atoms with Crippen molar-refractivity contribution < 1.29 is 9.59 Å². The van der Waals surface area contributed by atoms with Crippen molar-refractivity contribution in [2.45, 2.75) is 31.7 Å². The Bertz CT molecular complexity index is 498. The quantitative estimate of drug-likeness (QED) is 0.847. The maximum absolute atomic E-state index is 12.1. The number of carbonyl (C=O) groups is 2. The summed E-state index contributed by atoms with van der Waals surface area (Å²) in [6.45, 7) is 0.356. The molecule has 1 aliphatic rings. The molecule has 2 rings (SSSR count). The number of nitrogens with one attached hydrogen (secondary N) is 2. The van der Waals surface area contributed by atoms with Crippen LogP contribution in [0.3, 0.4) is 0 Å². The molecule has 1 saturated carbocycles. The summed E-state index contributed by atoms with van der Waals surface area (Å²) >= 11 is 0. The van der Waals surface area contributed by atoms with E-state index in [2.05, 4.69) is 22.8 Å². The summed E-state index contributed by atoms with van der Waals surface area (Å²) < 4.78 is 0. The van der Waals surface area contributed by atoms with Crippen LogP contribution >= 0.6 is 0 Å². The van der Waals surface area contributed by atoms with Gasteiger partial charge in [-0.05, 0) is 24.3 Å². The molecule has 5 nitrogen and oxygen atoms in total. The Balaban J connectivity index is 1.85. The number of benzene rings is 1. The van der Waals surface area contributed by atoms with E-state index in [1.165, 1.54) is 11.3 Å². The third-order valence-corrected chi connectivity index (χ3v) is 4.19. The standard InChI is InChI=1S/C17H25N3O2/c1-20(2)15(21)11-12-18-17(22)19-16(14-9-6-10-14)13-7-4-3-5-8-13/h3-5,7-8,14,16H,6,9-12H2,1-2H3,(H2,18,19,22)/t16-/m1/s1. The van der Waals surface area contributed by atoms with E-state index in [0.29, 0.717) is 18.9 Å². The molecule has 0 bridgehead atoms. The van der Waals surface area contributed by atoms with Crippen LogP contribution < -0.4 is 10.6 Å². The van der Waals surface area contributed by atoms with Crippen molar-refractivity contribution in [1.82, 2.24) is 15.5 Å². The summed E-state index contributed by atoms with van der Waals surface area (Å²) in [5.74, 6) is 0.524. The first-order valence-corrected chi connectivity index (χ1v) is 7.87. The number of rotatable bonds is 6. The lowest BCUT2D eigenvalue weighted by Crippen LogP contribution is -2.43. The fourth-order valence-corrected chi connectivity index (χ4v) is 2.61. The van der Waals surface area contributed by atoms with Crippen LogP contribution in [0.1, 0.15) is 37.3 Å². The van der Waals surface area contributed by atoms with Gasteiger partial charge in [-0.1, -0.05) is 36.8 Å². The summed E-state index contributed by atoms with van der Waals surface area (Å²) in [7, 11) is 3.43. The van der Waals surface area contributed by atoms with Gasteiger partial charge in [0.2, 0.25) is 5.91 Å². The highest BCUT2D eigenvalue weighted by Crippen LogP contribution is 2.37. The number of amides is 3. The number of urea groups is 1. The molecule has 3 amide bonds. The topological polar surface area (TPSA) is 61.4 Å². The number of hydrogen-bond donors (Lipinski definition) is 2. The van der Waals surface area contributed by atoms with Gasteiger partial charge in [-0.3, -0.25) is 4.79 Å². The molecule has 0 aromatic heterocycles. The van der Waals surface area contributed by atoms with Gasteiger partial charge < -0.3 is 15.5 Å². The Morgan fingerprint density at radius 2 is 1.91 bits per heavy atom. The number of carbonyl (C=O) groups excluding carboxylic acids is 2. The SMILES string of the molecule is CN(C)C(=O)CCNC(=O)N[C@H](c1ccccc1)C1CCC1. The first-order chi connectivity index (χ1) is 10.6. The normalized spacial score (nSPS) is 15.5. The van der Waals surface area contributed by atoms with E-state index >= 15 is 0 Å². The molecular weight excluding hydrogens is 278 g/mol. The second-order valence-corrected chi connectivity index (χ2v) is 6.02. The lowest BCUT2D eigenvalue weighted by atomic mass is 9.77. The van der Waals surface area contributed by atoms with Crippen molar-refractivity contribution in [2.75, 3.05) is 20.6 Å². The van der Waals surface area contributed by atoms with Crippen molar-refractivity contribution in [2.24, 2.45) is 5.92 Å². The van der Waals surface area contributed by atoms with Crippen LogP contribution in [0.15, 0.2) is 30.3 Å². The maximum atomic E-state index is 12.1. The van der Waals surface area contributed by atoms with Crippen molar-refractivity contribution in [3.8, 4) is 0 Å². The molecule has 1 fully saturated rings. The fraction of sp³-hybridized carbons (Fsp3) is 0.529.